The first-order valence-corrected chi connectivity index (χ1v) is 9.74. The van der Waals surface area contributed by atoms with Crippen LogP contribution >= 0.6 is 0 Å². The molecule has 0 N–H and O–H groups in total. The van der Waals surface area contributed by atoms with E-state index in [1.54, 1.807) is 11.0 Å². The molecule has 0 unspecified atom stereocenters. The number of amides is 1. The molecule has 0 saturated heterocycles. The highest BCUT2D eigenvalue weighted by molar-refractivity contribution is 5.97. The third kappa shape index (κ3) is 5.95. The van der Waals surface area contributed by atoms with Gasteiger partial charge in [-0.1, -0.05) is 72.8 Å². The van der Waals surface area contributed by atoms with Crippen molar-refractivity contribution in [2.24, 2.45) is 0 Å². The number of hydrogen-bond acceptors (Lipinski definition) is 3. The van der Waals surface area contributed by atoms with Gasteiger partial charge in [0.2, 0.25) is 0 Å². The van der Waals surface area contributed by atoms with Crippen molar-refractivity contribution in [3.05, 3.63) is 102 Å². The number of nitriles is 1. The number of para-hydroxylation sites is 1. The van der Waals surface area contributed by atoms with E-state index in [2.05, 4.69) is 6.07 Å². The lowest BCUT2D eigenvalue weighted by molar-refractivity contribution is 0.0756. The van der Waals surface area contributed by atoms with Crippen molar-refractivity contribution >= 4 is 5.91 Å². The molecule has 3 aromatic rings. The Balaban J connectivity index is 1.73. The average molecular weight is 384 g/mol. The first-order valence-electron chi connectivity index (χ1n) is 9.74. The molecule has 0 radical (unpaired) electrons. The summed E-state index contributed by atoms with van der Waals surface area (Å²) in [7, 11) is 0. The van der Waals surface area contributed by atoms with Gasteiger partial charge in [-0.3, -0.25) is 4.79 Å². The monoisotopic (exact) mass is 384 g/mol. The van der Waals surface area contributed by atoms with E-state index in [-0.39, 0.29) is 5.91 Å². The number of ether oxygens (including phenoxy) is 1. The van der Waals surface area contributed by atoms with Gasteiger partial charge in [0.15, 0.2) is 0 Å². The van der Waals surface area contributed by atoms with Crippen LogP contribution in [0.3, 0.4) is 0 Å². The van der Waals surface area contributed by atoms with Crippen LogP contribution in [0.5, 0.6) is 5.75 Å². The van der Waals surface area contributed by atoms with Gasteiger partial charge in [0.1, 0.15) is 12.4 Å². The van der Waals surface area contributed by atoms with E-state index >= 15 is 0 Å². The number of nitrogens with zero attached hydrogens (tertiary/aromatic N) is 2. The zero-order valence-electron chi connectivity index (χ0n) is 16.3. The van der Waals surface area contributed by atoms with Crippen LogP contribution in [0, 0.1) is 11.3 Å². The Hall–Kier alpha value is -3.58. The Labute approximate surface area is 172 Å². The Morgan fingerprint density at radius 3 is 2.14 bits per heavy atom. The molecular formula is C25H24N2O2. The molecule has 0 aromatic heterocycles. The summed E-state index contributed by atoms with van der Waals surface area (Å²) in [5, 5.41) is 9.00. The van der Waals surface area contributed by atoms with E-state index in [0.717, 1.165) is 17.5 Å². The molecule has 0 bridgehead atoms. The Kier molecular flexibility index (Phi) is 7.42. The minimum Gasteiger partial charge on any atom is -0.488 e. The Morgan fingerprint density at radius 1 is 0.828 bits per heavy atom. The fraction of sp³-hybridized carbons (Fsp3) is 0.200. The molecule has 146 valence electrons. The van der Waals surface area contributed by atoms with E-state index in [1.165, 1.54) is 0 Å². The predicted molar refractivity (Wildman–Crippen MR) is 113 cm³/mol. The molecular weight excluding hydrogens is 360 g/mol. The molecule has 0 spiro atoms. The summed E-state index contributed by atoms with van der Waals surface area (Å²) in [5.74, 6) is 0.447. The van der Waals surface area contributed by atoms with Crippen LogP contribution in [0.25, 0.3) is 0 Å². The molecule has 0 aliphatic rings. The first-order chi connectivity index (χ1) is 14.3. The largest absolute Gasteiger partial charge is 0.488 e. The highest BCUT2D eigenvalue weighted by Crippen LogP contribution is 2.22. The van der Waals surface area contributed by atoms with Crippen molar-refractivity contribution in [1.29, 1.82) is 5.26 Å². The fourth-order valence-electron chi connectivity index (χ4n) is 3.08. The van der Waals surface area contributed by atoms with Crippen LogP contribution in [0.4, 0.5) is 0 Å². The van der Waals surface area contributed by atoms with Gasteiger partial charge in [-0.15, -0.1) is 0 Å². The van der Waals surface area contributed by atoms with Crippen molar-refractivity contribution in [3.63, 3.8) is 0 Å². The quantitative estimate of drug-likeness (QED) is 0.529. The van der Waals surface area contributed by atoms with Crippen LogP contribution in [0.15, 0.2) is 84.9 Å². The lowest BCUT2D eigenvalue weighted by atomic mass is 10.1. The second-order valence-corrected chi connectivity index (χ2v) is 6.71. The maximum absolute atomic E-state index is 13.2. The molecule has 0 atom stereocenters. The second-order valence-electron chi connectivity index (χ2n) is 6.71. The molecule has 3 aromatic carbocycles. The van der Waals surface area contributed by atoms with E-state index in [1.807, 2.05) is 78.9 Å². The van der Waals surface area contributed by atoms with Gasteiger partial charge in [-0.2, -0.15) is 5.26 Å². The average Bonchev–Trinajstić information content (AvgIpc) is 2.79. The van der Waals surface area contributed by atoms with Crippen LogP contribution < -0.4 is 4.74 Å². The number of carbonyl (C=O) groups is 1. The summed E-state index contributed by atoms with van der Waals surface area (Å²) in [4.78, 5) is 15.0. The molecule has 0 heterocycles. The molecule has 3 rings (SSSR count). The third-order valence-corrected chi connectivity index (χ3v) is 4.65. The molecule has 4 heteroatoms. The van der Waals surface area contributed by atoms with Gasteiger partial charge in [0.25, 0.3) is 5.91 Å². The molecule has 0 aliphatic carbocycles. The van der Waals surface area contributed by atoms with E-state index in [4.69, 9.17) is 10.00 Å². The van der Waals surface area contributed by atoms with Crippen LogP contribution in [0.2, 0.25) is 0 Å². The number of rotatable bonds is 9. The molecule has 0 saturated carbocycles. The van der Waals surface area contributed by atoms with E-state index in [9.17, 15) is 4.79 Å². The number of hydrogen-bond donors (Lipinski definition) is 0. The van der Waals surface area contributed by atoms with Crippen LogP contribution in [-0.4, -0.2) is 23.9 Å². The summed E-state index contributed by atoms with van der Waals surface area (Å²) in [6.45, 7) is 1.35. The number of benzene rings is 3. The highest BCUT2D eigenvalue weighted by Gasteiger charge is 2.19. The van der Waals surface area contributed by atoms with Gasteiger partial charge in [-0.05, 0) is 29.7 Å². The number of carbonyl (C=O) groups excluding carboxylic acids is 1. The lowest BCUT2D eigenvalue weighted by Crippen LogP contribution is -2.34. The predicted octanol–water partition coefficient (Wildman–Crippen LogP) is 4.86. The van der Waals surface area contributed by atoms with Crippen molar-refractivity contribution in [2.75, 3.05) is 13.1 Å². The molecule has 1 amide bonds. The van der Waals surface area contributed by atoms with Gasteiger partial charge in [0, 0.05) is 13.1 Å². The Morgan fingerprint density at radius 2 is 1.45 bits per heavy atom. The smallest absolute Gasteiger partial charge is 0.257 e. The second kappa shape index (κ2) is 10.7. The van der Waals surface area contributed by atoms with Gasteiger partial charge < -0.3 is 9.64 Å². The molecule has 4 nitrogen and oxygen atoms in total. The minimum absolute atomic E-state index is 0.111. The summed E-state index contributed by atoms with van der Waals surface area (Å²) >= 11 is 0. The van der Waals surface area contributed by atoms with Crippen LogP contribution in [-0.2, 0) is 13.0 Å². The fourth-order valence-corrected chi connectivity index (χ4v) is 3.08. The first kappa shape index (κ1) is 20.2. The van der Waals surface area contributed by atoms with Crippen molar-refractivity contribution in [3.8, 4) is 11.8 Å². The maximum Gasteiger partial charge on any atom is 0.257 e. The zero-order valence-corrected chi connectivity index (χ0v) is 16.3. The maximum atomic E-state index is 13.2. The Bertz CT molecular complexity index is 949. The standard InChI is InChI=1S/C25H24N2O2/c26-17-9-18-27(19-16-21-10-3-1-4-11-21)25(28)23-14-7-8-15-24(23)29-20-22-12-5-2-6-13-22/h1-8,10-15H,9,16,18-20H2. The summed E-state index contributed by atoms with van der Waals surface area (Å²) in [5.41, 5.74) is 2.73. The third-order valence-electron chi connectivity index (χ3n) is 4.65. The molecule has 0 fully saturated rings. The highest BCUT2D eigenvalue weighted by atomic mass is 16.5. The van der Waals surface area contributed by atoms with Gasteiger partial charge >= 0.3 is 0 Å². The van der Waals surface area contributed by atoms with Gasteiger partial charge in [0.05, 0.1) is 18.1 Å². The van der Waals surface area contributed by atoms with E-state index < -0.39 is 0 Å². The van der Waals surface area contributed by atoms with Crippen molar-refractivity contribution < 1.29 is 9.53 Å². The van der Waals surface area contributed by atoms with Crippen molar-refractivity contribution in [2.45, 2.75) is 19.4 Å². The summed E-state index contributed by atoms with van der Waals surface area (Å²) in [6, 6.07) is 29.3. The SMILES string of the molecule is N#CCCN(CCc1ccccc1)C(=O)c1ccccc1OCc1ccccc1. The molecule has 0 aliphatic heterocycles. The van der Waals surface area contributed by atoms with Crippen LogP contribution in [0.1, 0.15) is 27.9 Å². The van der Waals surface area contributed by atoms with Crippen molar-refractivity contribution in [1.82, 2.24) is 4.90 Å². The molecule has 29 heavy (non-hydrogen) atoms. The topological polar surface area (TPSA) is 53.3 Å². The van der Waals surface area contributed by atoms with E-state index in [0.29, 0.717) is 37.4 Å². The zero-order chi connectivity index (χ0) is 20.3. The lowest BCUT2D eigenvalue weighted by Gasteiger charge is -2.23. The summed E-state index contributed by atoms with van der Waals surface area (Å²) < 4.78 is 5.95. The normalized spacial score (nSPS) is 10.2. The minimum atomic E-state index is -0.111. The summed E-state index contributed by atoms with van der Waals surface area (Å²) in [6.07, 6.45) is 1.04. The van der Waals surface area contributed by atoms with Gasteiger partial charge in [-0.25, -0.2) is 0 Å².